The minimum absolute atomic E-state index is 0.522. The predicted molar refractivity (Wildman–Crippen MR) is 99.9 cm³/mol. The third-order valence-corrected chi connectivity index (χ3v) is 4.78. The molecule has 1 N–H and O–H groups in total. The number of fused-ring (bicyclic) bond motifs is 1. The van der Waals surface area contributed by atoms with Crippen LogP contribution in [0.5, 0.6) is 0 Å². The maximum absolute atomic E-state index is 11.3. The van der Waals surface area contributed by atoms with E-state index in [1.54, 1.807) is 22.8 Å². The Kier molecular flexibility index (Phi) is 4.25. The Morgan fingerprint density at radius 3 is 2.58 bits per heavy atom. The SMILES string of the molecule is CS(=O)(=O)Nc1ccc(-c2cc(N3CCOCC3)c3nccn3n2)cc1. The summed E-state index contributed by atoms with van der Waals surface area (Å²) in [6.07, 6.45) is 4.68. The van der Waals surface area contributed by atoms with E-state index in [1.807, 2.05) is 24.4 Å². The molecule has 0 atom stereocenters. The number of morpholine rings is 1. The van der Waals surface area contributed by atoms with E-state index >= 15 is 0 Å². The Hall–Kier alpha value is -2.65. The second-order valence-corrected chi connectivity index (χ2v) is 7.91. The molecule has 0 radical (unpaired) electrons. The molecular formula is C17H19N5O3S. The van der Waals surface area contributed by atoms with Crippen molar-refractivity contribution < 1.29 is 13.2 Å². The van der Waals surface area contributed by atoms with Crippen LogP contribution in [0.15, 0.2) is 42.7 Å². The highest BCUT2D eigenvalue weighted by Crippen LogP contribution is 2.27. The monoisotopic (exact) mass is 373 g/mol. The van der Waals surface area contributed by atoms with Gasteiger partial charge in [0.15, 0.2) is 5.65 Å². The summed E-state index contributed by atoms with van der Waals surface area (Å²) in [5, 5.41) is 4.62. The van der Waals surface area contributed by atoms with E-state index in [-0.39, 0.29) is 0 Å². The van der Waals surface area contributed by atoms with Gasteiger partial charge in [0.2, 0.25) is 10.0 Å². The first-order valence-corrected chi connectivity index (χ1v) is 10.1. The smallest absolute Gasteiger partial charge is 0.229 e. The molecule has 0 amide bonds. The van der Waals surface area contributed by atoms with Gasteiger partial charge < -0.3 is 9.64 Å². The summed E-state index contributed by atoms with van der Waals surface area (Å²) in [4.78, 5) is 6.67. The highest BCUT2D eigenvalue weighted by atomic mass is 32.2. The van der Waals surface area contributed by atoms with E-state index in [1.165, 1.54) is 0 Å². The first kappa shape index (κ1) is 16.8. The van der Waals surface area contributed by atoms with Crippen molar-refractivity contribution in [2.75, 3.05) is 42.2 Å². The van der Waals surface area contributed by atoms with Gasteiger partial charge in [-0.1, -0.05) is 12.1 Å². The number of aromatic nitrogens is 3. The quantitative estimate of drug-likeness (QED) is 0.747. The lowest BCUT2D eigenvalue weighted by Gasteiger charge is -2.29. The van der Waals surface area contributed by atoms with Crippen LogP contribution in [-0.2, 0) is 14.8 Å². The van der Waals surface area contributed by atoms with Crippen LogP contribution < -0.4 is 9.62 Å². The average Bonchev–Trinajstić information content (AvgIpc) is 3.09. The third-order valence-electron chi connectivity index (χ3n) is 4.18. The molecule has 4 rings (SSSR count). The second kappa shape index (κ2) is 6.58. The highest BCUT2D eigenvalue weighted by Gasteiger charge is 2.17. The maximum atomic E-state index is 11.3. The third kappa shape index (κ3) is 3.49. The van der Waals surface area contributed by atoms with Crippen LogP contribution in [-0.4, -0.2) is 55.6 Å². The van der Waals surface area contributed by atoms with Crippen molar-refractivity contribution in [1.29, 1.82) is 0 Å². The number of nitrogens with one attached hydrogen (secondary N) is 1. The van der Waals surface area contributed by atoms with Gasteiger partial charge in [0.05, 0.1) is 30.9 Å². The van der Waals surface area contributed by atoms with Crippen molar-refractivity contribution in [3.63, 3.8) is 0 Å². The minimum atomic E-state index is -3.29. The molecular weight excluding hydrogens is 354 g/mol. The fourth-order valence-corrected chi connectivity index (χ4v) is 3.57. The average molecular weight is 373 g/mol. The molecule has 1 aliphatic rings. The zero-order valence-electron chi connectivity index (χ0n) is 14.3. The number of ether oxygens (including phenoxy) is 1. The molecule has 1 aromatic carbocycles. The molecule has 3 heterocycles. The Morgan fingerprint density at radius 2 is 1.88 bits per heavy atom. The predicted octanol–water partition coefficient (Wildman–Crippen LogP) is 1.60. The zero-order chi connectivity index (χ0) is 18.1. The van der Waals surface area contributed by atoms with Gasteiger partial charge in [-0.2, -0.15) is 5.10 Å². The van der Waals surface area contributed by atoms with Crippen molar-refractivity contribution in [1.82, 2.24) is 14.6 Å². The molecule has 0 spiro atoms. The van der Waals surface area contributed by atoms with Crippen LogP contribution in [0, 0.1) is 0 Å². The number of sulfonamides is 1. The Bertz CT molecular complexity index is 1020. The first-order valence-electron chi connectivity index (χ1n) is 8.25. The van der Waals surface area contributed by atoms with Crippen molar-refractivity contribution in [2.24, 2.45) is 0 Å². The van der Waals surface area contributed by atoms with Crippen LogP contribution in [0.1, 0.15) is 0 Å². The lowest BCUT2D eigenvalue weighted by atomic mass is 10.1. The molecule has 0 aliphatic carbocycles. The number of hydrogen-bond donors (Lipinski definition) is 1. The number of imidazole rings is 1. The number of hydrogen-bond acceptors (Lipinski definition) is 6. The summed E-state index contributed by atoms with van der Waals surface area (Å²) in [6.45, 7) is 3.00. The van der Waals surface area contributed by atoms with Gasteiger partial charge in [-0.3, -0.25) is 4.72 Å². The normalized spacial score (nSPS) is 15.3. The molecule has 9 heteroatoms. The molecule has 1 aliphatic heterocycles. The van der Waals surface area contributed by atoms with Crippen LogP contribution in [0.2, 0.25) is 0 Å². The Balaban J connectivity index is 1.72. The van der Waals surface area contributed by atoms with Gasteiger partial charge in [-0.15, -0.1) is 0 Å². The lowest BCUT2D eigenvalue weighted by molar-refractivity contribution is 0.123. The van der Waals surface area contributed by atoms with Crippen molar-refractivity contribution >= 4 is 27.0 Å². The van der Waals surface area contributed by atoms with Crippen molar-refractivity contribution in [2.45, 2.75) is 0 Å². The van der Waals surface area contributed by atoms with Gasteiger partial charge in [-0.25, -0.2) is 17.9 Å². The summed E-state index contributed by atoms with van der Waals surface area (Å²) in [7, 11) is -3.29. The fraction of sp³-hybridized carbons (Fsp3) is 0.294. The van der Waals surface area contributed by atoms with Crippen LogP contribution in [0.4, 0.5) is 11.4 Å². The first-order chi connectivity index (χ1) is 12.5. The molecule has 0 bridgehead atoms. The van der Waals surface area contributed by atoms with E-state index in [4.69, 9.17) is 4.74 Å². The number of anilines is 2. The van der Waals surface area contributed by atoms with E-state index < -0.39 is 10.0 Å². The maximum Gasteiger partial charge on any atom is 0.229 e. The van der Waals surface area contributed by atoms with Gasteiger partial charge in [0.25, 0.3) is 0 Å². The van der Waals surface area contributed by atoms with Gasteiger partial charge >= 0.3 is 0 Å². The number of rotatable bonds is 4. The van der Waals surface area contributed by atoms with E-state index in [2.05, 4.69) is 19.7 Å². The van der Waals surface area contributed by atoms with E-state index in [0.29, 0.717) is 18.9 Å². The Morgan fingerprint density at radius 1 is 1.15 bits per heavy atom. The highest BCUT2D eigenvalue weighted by molar-refractivity contribution is 7.92. The summed E-state index contributed by atoms with van der Waals surface area (Å²) in [6, 6.07) is 9.17. The largest absolute Gasteiger partial charge is 0.378 e. The molecule has 3 aromatic rings. The van der Waals surface area contributed by atoms with Crippen molar-refractivity contribution in [3.05, 3.63) is 42.7 Å². The van der Waals surface area contributed by atoms with E-state index in [9.17, 15) is 8.42 Å². The summed E-state index contributed by atoms with van der Waals surface area (Å²) >= 11 is 0. The standard InChI is InChI=1S/C17H19N5O3S/c1-26(23,24)20-14-4-2-13(3-5-14)15-12-16(21-8-10-25-11-9-21)17-18-6-7-22(17)19-15/h2-7,12,20H,8-11H2,1H3. The molecule has 0 saturated carbocycles. The molecule has 8 nitrogen and oxygen atoms in total. The zero-order valence-corrected chi connectivity index (χ0v) is 15.1. The topological polar surface area (TPSA) is 88.8 Å². The summed E-state index contributed by atoms with van der Waals surface area (Å²) < 4.78 is 32.4. The molecule has 26 heavy (non-hydrogen) atoms. The number of nitrogens with zero attached hydrogens (tertiary/aromatic N) is 4. The van der Waals surface area contributed by atoms with Crippen LogP contribution >= 0.6 is 0 Å². The van der Waals surface area contributed by atoms with Gasteiger partial charge in [0.1, 0.15) is 0 Å². The fourth-order valence-electron chi connectivity index (χ4n) is 3.00. The van der Waals surface area contributed by atoms with Crippen LogP contribution in [0.25, 0.3) is 16.9 Å². The second-order valence-electron chi connectivity index (χ2n) is 6.16. The Labute approximate surface area is 151 Å². The summed E-state index contributed by atoms with van der Waals surface area (Å²) in [5.74, 6) is 0. The summed E-state index contributed by atoms with van der Waals surface area (Å²) in [5.41, 5.74) is 4.04. The lowest BCUT2D eigenvalue weighted by Crippen LogP contribution is -2.36. The molecule has 0 unspecified atom stereocenters. The molecule has 1 saturated heterocycles. The van der Waals surface area contributed by atoms with Crippen LogP contribution in [0.3, 0.4) is 0 Å². The van der Waals surface area contributed by atoms with Crippen molar-refractivity contribution in [3.8, 4) is 11.3 Å². The molecule has 2 aromatic heterocycles. The minimum Gasteiger partial charge on any atom is -0.378 e. The molecule has 1 fully saturated rings. The number of benzene rings is 1. The van der Waals surface area contributed by atoms with Gasteiger partial charge in [0, 0.05) is 36.7 Å². The van der Waals surface area contributed by atoms with Gasteiger partial charge in [-0.05, 0) is 18.2 Å². The van der Waals surface area contributed by atoms with E-state index in [0.717, 1.165) is 41.9 Å². The molecule has 136 valence electrons.